The van der Waals surface area contributed by atoms with E-state index in [0.29, 0.717) is 0 Å². The van der Waals surface area contributed by atoms with Gasteiger partial charge in [0.15, 0.2) is 0 Å². The van der Waals surface area contributed by atoms with Crippen molar-refractivity contribution in [1.29, 1.82) is 0 Å². The van der Waals surface area contributed by atoms with Gasteiger partial charge < -0.3 is 0 Å². The Hall–Kier alpha value is -6.56. The molecule has 9 aromatic carbocycles. The van der Waals surface area contributed by atoms with Gasteiger partial charge in [-0.2, -0.15) is 0 Å². The van der Waals surface area contributed by atoms with Gasteiger partial charge in [-0.1, -0.05) is 231 Å². The average molecular weight is 781 g/mol. The van der Waals surface area contributed by atoms with E-state index < -0.39 is 14.1 Å². The van der Waals surface area contributed by atoms with Gasteiger partial charge in [0.05, 0.1) is 25.5 Å². The SMILES string of the molecule is c1ccc(P(=Nc2ccc(-c3ccc(-c4ccc(N=P(c5ccccc5)(c5ccccc5)c5ccccc5)cc4)cc3)cc2)(c2ccccc2)c2ccccc2)cc1. The van der Waals surface area contributed by atoms with Crippen molar-refractivity contribution in [3.05, 3.63) is 255 Å². The van der Waals surface area contributed by atoms with Crippen LogP contribution in [0.25, 0.3) is 22.3 Å². The van der Waals surface area contributed by atoms with E-state index in [2.05, 4.69) is 255 Å². The van der Waals surface area contributed by atoms with Gasteiger partial charge in [-0.15, -0.1) is 0 Å². The lowest BCUT2D eigenvalue weighted by Crippen LogP contribution is -2.25. The number of hydrogen-bond acceptors (Lipinski definition) is 2. The number of nitrogens with zero attached hydrogens (tertiary/aromatic N) is 2. The van der Waals surface area contributed by atoms with E-state index in [1.54, 1.807) is 0 Å². The first-order chi connectivity index (χ1) is 28.7. The molecule has 0 radical (unpaired) electrons. The highest BCUT2D eigenvalue weighted by Gasteiger charge is 2.28. The van der Waals surface area contributed by atoms with Gasteiger partial charge in [-0.05, 0) is 46.5 Å². The zero-order valence-corrected chi connectivity index (χ0v) is 33.8. The molecule has 0 aliphatic carbocycles. The molecule has 4 heteroatoms. The molecule has 0 spiro atoms. The van der Waals surface area contributed by atoms with Crippen LogP contribution in [0.5, 0.6) is 0 Å². The van der Waals surface area contributed by atoms with Crippen LogP contribution < -0.4 is 31.8 Å². The van der Waals surface area contributed by atoms with Crippen LogP contribution in [0.2, 0.25) is 0 Å². The molecule has 0 amide bonds. The lowest BCUT2D eigenvalue weighted by atomic mass is 10.00. The number of hydrogen-bond donors (Lipinski definition) is 0. The highest BCUT2D eigenvalue weighted by Crippen LogP contribution is 2.50. The molecule has 9 rings (SSSR count). The third-order valence-electron chi connectivity index (χ3n) is 10.6. The normalized spacial score (nSPS) is 11.4. The summed E-state index contributed by atoms with van der Waals surface area (Å²) in [7, 11) is -4.69. The van der Waals surface area contributed by atoms with Crippen LogP contribution >= 0.6 is 14.1 Å². The van der Waals surface area contributed by atoms with Crippen molar-refractivity contribution in [1.82, 2.24) is 0 Å². The molecule has 278 valence electrons. The predicted molar refractivity (Wildman–Crippen MR) is 252 cm³/mol. The van der Waals surface area contributed by atoms with E-state index >= 15 is 0 Å². The summed E-state index contributed by atoms with van der Waals surface area (Å²) in [5.41, 5.74) is 6.58. The lowest BCUT2D eigenvalue weighted by Gasteiger charge is -2.27. The van der Waals surface area contributed by atoms with Crippen molar-refractivity contribution < 1.29 is 0 Å². The van der Waals surface area contributed by atoms with E-state index in [1.165, 1.54) is 43.0 Å². The summed E-state index contributed by atoms with van der Waals surface area (Å²) in [5, 5.41) is 7.41. The highest BCUT2D eigenvalue weighted by molar-refractivity contribution is 7.88. The van der Waals surface area contributed by atoms with Crippen LogP contribution in [0.1, 0.15) is 0 Å². The van der Waals surface area contributed by atoms with Crippen molar-refractivity contribution in [3.8, 4) is 22.3 Å². The summed E-state index contributed by atoms with van der Waals surface area (Å²) >= 11 is 0. The fourth-order valence-corrected chi connectivity index (χ4v) is 14.8. The van der Waals surface area contributed by atoms with Crippen LogP contribution in [0.4, 0.5) is 11.4 Å². The first-order valence-electron chi connectivity index (χ1n) is 19.6. The van der Waals surface area contributed by atoms with E-state index in [9.17, 15) is 0 Å². The second-order valence-electron chi connectivity index (χ2n) is 14.2. The first kappa shape index (κ1) is 37.0. The Kier molecular flexibility index (Phi) is 10.8. The molecular weight excluding hydrogens is 739 g/mol. The molecule has 58 heavy (non-hydrogen) atoms. The third-order valence-corrected chi connectivity index (χ3v) is 17.9. The van der Waals surface area contributed by atoms with Gasteiger partial charge in [0, 0.05) is 31.8 Å². The van der Waals surface area contributed by atoms with E-state index in [-0.39, 0.29) is 0 Å². The van der Waals surface area contributed by atoms with E-state index in [1.807, 2.05) is 0 Å². The Labute approximate surface area is 342 Å². The van der Waals surface area contributed by atoms with Gasteiger partial charge in [0.1, 0.15) is 0 Å². The quantitative estimate of drug-likeness (QED) is 0.124. The summed E-state index contributed by atoms with van der Waals surface area (Å²) in [6.07, 6.45) is 0. The zero-order chi connectivity index (χ0) is 39.0. The van der Waals surface area contributed by atoms with Crippen molar-refractivity contribution in [2.45, 2.75) is 0 Å². The summed E-state index contributed by atoms with van der Waals surface area (Å²) in [6, 6.07) is 91.0. The lowest BCUT2D eigenvalue weighted by molar-refractivity contribution is 1.52. The van der Waals surface area contributed by atoms with Crippen molar-refractivity contribution in [2.24, 2.45) is 9.49 Å². The fourth-order valence-electron chi connectivity index (χ4n) is 7.75. The minimum absolute atomic E-state index is 0.967. The van der Waals surface area contributed by atoms with Gasteiger partial charge in [-0.3, -0.25) is 9.49 Å². The number of rotatable bonds is 10. The monoisotopic (exact) mass is 780 g/mol. The Bertz CT molecular complexity index is 2420. The van der Waals surface area contributed by atoms with E-state index in [0.717, 1.165) is 22.5 Å². The Morgan fingerprint density at radius 3 is 0.552 bits per heavy atom. The largest absolute Gasteiger partial charge is 0.254 e. The van der Waals surface area contributed by atoms with Crippen molar-refractivity contribution in [3.63, 3.8) is 0 Å². The average Bonchev–Trinajstić information content (AvgIpc) is 3.32. The first-order valence-corrected chi connectivity index (χ1v) is 23.1. The minimum atomic E-state index is -2.35. The zero-order valence-electron chi connectivity index (χ0n) is 32.0. The molecule has 0 heterocycles. The van der Waals surface area contributed by atoms with Crippen LogP contribution in [-0.2, 0) is 0 Å². The van der Waals surface area contributed by atoms with Gasteiger partial charge >= 0.3 is 0 Å². The van der Waals surface area contributed by atoms with Crippen LogP contribution in [0.3, 0.4) is 0 Å². The van der Waals surface area contributed by atoms with Gasteiger partial charge in [0.2, 0.25) is 0 Å². The molecule has 0 fully saturated rings. The second-order valence-corrected chi connectivity index (χ2v) is 20.2. The maximum atomic E-state index is 5.68. The maximum Gasteiger partial charge on any atom is 0.0625 e. The minimum Gasteiger partial charge on any atom is -0.254 e. The predicted octanol–water partition coefficient (Wildman–Crippen LogP) is 12.6. The molecule has 0 atom stereocenters. The Morgan fingerprint density at radius 1 is 0.190 bits per heavy atom. The van der Waals surface area contributed by atoms with Crippen LogP contribution in [0.15, 0.2) is 264 Å². The van der Waals surface area contributed by atoms with Crippen molar-refractivity contribution in [2.75, 3.05) is 0 Å². The summed E-state index contributed by atoms with van der Waals surface area (Å²) in [6.45, 7) is 0. The van der Waals surface area contributed by atoms with Crippen molar-refractivity contribution >= 4 is 57.3 Å². The Balaban J connectivity index is 1.04. The highest BCUT2D eigenvalue weighted by atomic mass is 31.2. The molecule has 0 bridgehead atoms. The smallest absolute Gasteiger partial charge is 0.0625 e. The van der Waals surface area contributed by atoms with Gasteiger partial charge in [-0.25, -0.2) is 0 Å². The summed E-state index contributed by atoms with van der Waals surface area (Å²) in [4.78, 5) is 0. The van der Waals surface area contributed by atoms with Gasteiger partial charge in [0.25, 0.3) is 0 Å². The Morgan fingerprint density at radius 2 is 0.362 bits per heavy atom. The fraction of sp³-hybridized carbons (Fsp3) is 0. The molecule has 0 N–H and O–H groups in total. The molecule has 0 aliphatic heterocycles. The molecule has 0 aliphatic rings. The summed E-state index contributed by atoms with van der Waals surface area (Å²) in [5.74, 6) is 0. The van der Waals surface area contributed by atoms with E-state index in [4.69, 9.17) is 9.49 Å². The third kappa shape index (κ3) is 7.37. The second kappa shape index (κ2) is 16.9. The topological polar surface area (TPSA) is 24.7 Å². The molecule has 0 aromatic heterocycles. The molecule has 0 saturated carbocycles. The molecule has 2 nitrogen and oxygen atoms in total. The molecule has 9 aromatic rings. The maximum absolute atomic E-state index is 5.68. The number of benzene rings is 9. The molecular formula is C54H42N2P2. The molecule has 0 unspecified atom stereocenters. The summed E-state index contributed by atoms with van der Waals surface area (Å²) < 4.78 is 11.4. The molecule has 0 saturated heterocycles. The van der Waals surface area contributed by atoms with Crippen LogP contribution in [0, 0.1) is 0 Å². The van der Waals surface area contributed by atoms with Crippen LogP contribution in [-0.4, -0.2) is 0 Å². The standard InChI is InChI=1S/C54H42N2P2/c1-7-19-49(20-8-1)57(50-21-9-2-10-22-50,51-23-11-3-12-24-51)55-47-39-35-45(36-40-47)43-31-33-44(34-32-43)46-37-41-48(42-38-46)56-58(52-25-13-4-14-26-52,53-27-15-5-16-28-53)54-29-17-6-18-30-54/h1-42H.